The van der Waals surface area contributed by atoms with Gasteiger partial charge in [-0.15, -0.1) is 0 Å². The highest BCUT2D eigenvalue weighted by molar-refractivity contribution is 5.92. The van der Waals surface area contributed by atoms with Crippen LogP contribution in [0.5, 0.6) is 0 Å². The average Bonchev–Trinajstić information content (AvgIpc) is 2.67. The molecule has 3 N–H and O–H groups in total. The molecule has 26 heavy (non-hydrogen) atoms. The third-order valence-corrected chi connectivity index (χ3v) is 4.41. The summed E-state index contributed by atoms with van der Waals surface area (Å²) in [6, 6.07) is 13.1. The van der Waals surface area contributed by atoms with Gasteiger partial charge in [0, 0.05) is 44.0 Å². The van der Waals surface area contributed by atoms with Gasteiger partial charge in [0.15, 0.2) is 0 Å². The second-order valence-corrected chi connectivity index (χ2v) is 6.17. The number of nitrogens with two attached hydrogens (primary N) is 1. The summed E-state index contributed by atoms with van der Waals surface area (Å²) in [6.07, 6.45) is 0. The number of nitrogens with zero attached hydrogens (tertiary/aromatic N) is 2. The highest BCUT2D eigenvalue weighted by Crippen LogP contribution is 2.17. The topological polar surface area (TPSA) is 78.7 Å². The van der Waals surface area contributed by atoms with Gasteiger partial charge >= 0.3 is 6.03 Å². The van der Waals surface area contributed by atoms with Gasteiger partial charge in [-0.3, -0.25) is 4.79 Å². The van der Waals surface area contributed by atoms with Crippen molar-refractivity contribution >= 4 is 17.6 Å². The molecule has 0 unspecified atom stereocenters. The Bertz CT molecular complexity index is 786. The van der Waals surface area contributed by atoms with E-state index in [1.807, 2.05) is 6.07 Å². The van der Waals surface area contributed by atoms with Crippen molar-refractivity contribution in [1.29, 1.82) is 0 Å². The van der Waals surface area contributed by atoms with Crippen molar-refractivity contribution in [2.45, 2.75) is 6.54 Å². The van der Waals surface area contributed by atoms with Crippen molar-refractivity contribution in [1.82, 2.24) is 10.2 Å². The van der Waals surface area contributed by atoms with Gasteiger partial charge in [-0.1, -0.05) is 12.1 Å². The van der Waals surface area contributed by atoms with Crippen molar-refractivity contribution in [3.8, 4) is 0 Å². The standard InChI is InChI=1S/C19H21FN4O2/c20-16-4-6-17(7-5-16)23-8-10-24(11-9-23)19(26)22-13-14-2-1-3-15(12-14)18(21)25/h1-7,12H,8-11,13H2,(H2,21,25)(H,22,26). The fraction of sp³-hybridized carbons (Fsp3) is 0.263. The Morgan fingerprint density at radius 2 is 1.73 bits per heavy atom. The third-order valence-electron chi connectivity index (χ3n) is 4.41. The van der Waals surface area contributed by atoms with Crippen LogP contribution in [-0.4, -0.2) is 43.0 Å². The number of hydrogen-bond acceptors (Lipinski definition) is 3. The summed E-state index contributed by atoms with van der Waals surface area (Å²) in [7, 11) is 0. The molecule has 3 amide bonds. The van der Waals surface area contributed by atoms with E-state index >= 15 is 0 Å². The first-order valence-corrected chi connectivity index (χ1v) is 8.45. The molecule has 0 spiro atoms. The molecule has 6 nitrogen and oxygen atoms in total. The van der Waals surface area contributed by atoms with E-state index in [-0.39, 0.29) is 11.8 Å². The van der Waals surface area contributed by atoms with Crippen LogP contribution in [0.25, 0.3) is 0 Å². The molecule has 1 saturated heterocycles. The molecule has 0 aromatic heterocycles. The number of anilines is 1. The monoisotopic (exact) mass is 356 g/mol. The Kier molecular flexibility index (Phi) is 5.36. The number of rotatable bonds is 4. The van der Waals surface area contributed by atoms with Gasteiger partial charge in [0.05, 0.1) is 0 Å². The molecule has 136 valence electrons. The number of piperazine rings is 1. The predicted molar refractivity (Wildman–Crippen MR) is 97.4 cm³/mol. The molecule has 1 heterocycles. The zero-order valence-electron chi connectivity index (χ0n) is 14.3. The number of nitrogens with one attached hydrogen (secondary N) is 1. The first-order chi connectivity index (χ1) is 12.5. The number of hydrogen-bond donors (Lipinski definition) is 2. The van der Waals surface area contributed by atoms with Crippen LogP contribution in [0.4, 0.5) is 14.9 Å². The molecule has 0 radical (unpaired) electrons. The highest BCUT2D eigenvalue weighted by atomic mass is 19.1. The second kappa shape index (κ2) is 7.86. The van der Waals surface area contributed by atoms with Gasteiger partial charge < -0.3 is 20.9 Å². The molecule has 7 heteroatoms. The highest BCUT2D eigenvalue weighted by Gasteiger charge is 2.21. The van der Waals surface area contributed by atoms with Crippen molar-refractivity contribution in [3.05, 3.63) is 65.5 Å². The minimum absolute atomic E-state index is 0.145. The van der Waals surface area contributed by atoms with E-state index in [4.69, 9.17) is 5.73 Å². The molecule has 0 saturated carbocycles. The lowest BCUT2D eigenvalue weighted by Crippen LogP contribution is -2.51. The number of amides is 3. The first-order valence-electron chi connectivity index (χ1n) is 8.45. The van der Waals surface area contributed by atoms with E-state index in [9.17, 15) is 14.0 Å². The molecular formula is C19H21FN4O2. The van der Waals surface area contributed by atoms with Gasteiger partial charge in [0.2, 0.25) is 5.91 Å². The number of benzene rings is 2. The average molecular weight is 356 g/mol. The maximum absolute atomic E-state index is 13.0. The lowest BCUT2D eigenvalue weighted by atomic mass is 10.1. The van der Waals surface area contributed by atoms with Crippen molar-refractivity contribution < 1.29 is 14.0 Å². The van der Waals surface area contributed by atoms with E-state index in [1.54, 1.807) is 35.2 Å². The molecule has 2 aromatic rings. The number of carbonyl (C=O) groups excluding carboxylic acids is 2. The SMILES string of the molecule is NC(=O)c1cccc(CNC(=O)N2CCN(c3ccc(F)cc3)CC2)c1. The lowest BCUT2D eigenvalue weighted by molar-refractivity contribution is 0.1000. The number of primary amides is 1. The molecule has 0 atom stereocenters. The predicted octanol–water partition coefficient (Wildman–Crippen LogP) is 1.96. The van der Waals surface area contributed by atoms with Gasteiger partial charge in [-0.25, -0.2) is 9.18 Å². The fourth-order valence-electron chi connectivity index (χ4n) is 2.94. The summed E-state index contributed by atoms with van der Waals surface area (Å²) in [5.74, 6) is -0.748. The van der Waals surface area contributed by atoms with Crippen molar-refractivity contribution in [2.75, 3.05) is 31.1 Å². The minimum Gasteiger partial charge on any atom is -0.368 e. The molecule has 1 fully saturated rings. The quantitative estimate of drug-likeness (QED) is 0.879. The Morgan fingerprint density at radius 3 is 2.38 bits per heavy atom. The smallest absolute Gasteiger partial charge is 0.317 e. The van der Waals surface area contributed by atoms with Crippen LogP contribution in [-0.2, 0) is 6.54 Å². The number of halogens is 1. The number of urea groups is 1. The van der Waals surface area contributed by atoms with E-state index < -0.39 is 5.91 Å². The zero-order valence-corrected chi connectivity index (χ0v) is 14.3. The second-order valence-electron chi connectivity index (χ2n) is 6.17. The maximum atomic E-state index is 13.0. The molecule has 0 bridgehead atoms. The van der Waals surface area contributed by atoms with Crippen LogP contribution in [0.15, 0.2) is 48.5 Å². The van der Waals surface area contributed by atoms with E-state index in [1.165, 1.54) is 12.1 Å². The normalized spacial score (nSPS) is 14.2. The summed E-state index contributed by atoms with van der Waals surface area (Å²) in [5.41, 5.74) is 7.46. The van der Waals surface area contributed by atoms with Crippen molar-refractivity contribution in [2.24, 2.45) is 5.73 Å². The van der Waals surface area contributed by atoms with Crippen LogP contribution in [0.3, 0.4) is 0 Å². The summed E-state index contributed by atoms with van der Waals surface area (Å²) >= 11 is 0. The van der Waals surface area contributed by atoms with E-state index in [0.29, 0.717) is 38.3 Å². The summed E-state index contributed by atoms with van der Waals surface area (Å²) in [4.78, 5) is 27.4. The van der Waals surface area contributed by atoms with Crippen LogP contribution < -0.4 is 16.0 Å². The van der Waals surface area contributed by atoms with Gasteiger partial charge in [0.25, 0.3) is 0 Å². The summed E-state index contributed by atoms with van der Waals surface area (Å²) in [6.45, 7) is 2.89. The lowest BCUT2D eigenvalue weighted by Gasteiger charge is -2.36. The van der Waals surface area contributed by atoms with Crippen LogP contribution in [0.1, 0.15) is 15.9 Å². The molecule has 0 aliphatic carbocycles. The molecule has 2 aromatic carbocycles. The first kappa shape index (κ1) is 17.7. The van der Waals surface area contributed by atoms with Gasteiger partial charge in [-0.2, -0.15) is 0 Å². The molecule has 1 aliphatic rings. The Labute approximate surface area is 151 Å². The molecule has 3 rings (SSSR count). The molecular weight excluding hydrogens is 335 g/mol. The zero-order chi connectivity index (χ0) is 18.5. The van der Waals surface area contributed by atoms with Gasteiger partial charge in [0.1, 0.15) is 5.82 Å². The Balaban J connectivity index is 1.50. The Morgan fingerprint density at radius 1 is 1.04 bits per heavy atom. The van der Waals surface area contributed by atoms with Crippen LogP contribution >= 0.6 is 0 Å². The maximum Gasteiger partial charge on any atom is 0.317 e. The summed E-state index contributed by atoms with van der Waals surface area (Å²) in [5, 5.41) is 2.86. The van der Waals surface area contributed by atoms with Crippen LogP contribution in [0.2, 0.25) is 0 Å². The largest absolute Gasteiger partial charge is 0.368 e. The van der Waals surface area contributed by atoms with Gasteiger partial charge in [-0.05, 0) is 42.0 Å². The molecule has 1 aliphatic heterocycles. The van der Waals surface area contributed by atoms with Crippen molar-refractivity contribution in [3.63, 3.8) is 0 Å². The Hall–Kier alpha value is -3.09. The van der Waals surface area contributed by atoms with E-state index in [0.717, 1.165) is 11.3 Å². The number of carbonyl (C=O) groups is 2. The summed E-state index contributed by atoms with van der Waals surface area (Å²) < 4.78 is 13.0. The fourth-order valence-corrected chi connectivity index (χ4v) is 2.94. The van der Waals surface area contributed by atoms with Crippen LogP contribution in [0, 0.1) is 5.82 Å². The third kappa shape index (κ3) is 4.30. The van der Waals surface area contributed by atoms with E-state index in [2.05, 4.69) is 10.2 Å². The minimum atomic E-state index is -0.491.